The molecule has 1 atom stereocenters. The van der Waals surface area contributed by atoms with E-state index in [2.05, 4.69) is 0 Å². The Morgan fingerprint density at radius 3 is 2.31 bits per heavy atom. The molecule has 1 amide bonds. The molecule has 7 heteroatoms. The second-order valence-corrected chi connectivity index (χ2v) is 6.34. The van der Waals surface area contributed by atoms with Crippen molar-refractivity contribution in [1.29, 1.82) is 0 Å². The third-order valence-corrected chi connectivity index (χ3v) is 4.66. The number of carbonyl (C=O) groups excluding carboxylic acids is 1. The highest BCUT2D eigenvalue weighted by Gasteiger charge is 2.32. The minimum absolute atomic E-state index is 0.190. The largest absolute Gasteiger partial charge is 0.416 e. The molecule has 1 aliphatic rings. The minimum Gasteiger partial charge on any atom is -0.335 e. The standard InChI is InChI=1S/C19H18F4N2O/c1-24-10-11-25(12-17(24)15-4-2-3-5-16(15)20)18(26)13-6-8-14(9-7-13)19(21,22)23/h2-9,17H,10-12H2,1H3. The van der Waals surface area contributed by atoms with Gasteiger partial charge in [-0.25, -0.2) is 4.39 Å². The number of likely N-dealkylation sites (N-methyl/N-ethyl adjacent to an activating group) is 1. The van der Waals surface area contributed by atoms with Gasteiger partial charge in [0.05, 0.1) is 11.6 Å². The van der Waals surface area contributed by atoms with Crippen LogP contribution in [-0.2, 0) is 6.18 Å². The molecule has 0 saturated carbocycles. The number of halogens is 4. The molecule has 0 N–H and O–H groups in total. The lowest BCUT2D eigenvalue weighted by Crippen LogP contribution is -2.49. The van der Waals surface area contributed by atoms with Crippen molar-refractivity contribution in [3.8, 4) is 0 Å². The zero-order valence-corrected chi connectivity index (χ0v) is 14.1. The minimum atomic E-state index is -4.44. The molecule has 1 fully saturated rings. The van der Waals surface area contributed by atoms with Crippen LogP contribution in [-0.4, -0.2) is 42.4 Å². The van der Waals surface area contributed by atoms with Crippen molar-refractivity contribution < 1.29 is 22.4 Å². The molecule has 1 saturated heterocycles. The van der Waals surface area contributed by atoms with Crippen LogP contribution >= 0.6 is 0 Å². The number of piperazine rings is 1. The van der Waals surface area contributed by atoms with E-state index in [9.17, 15) is 22.4 Å². The van der Waals surface area contributed by atoms with Gasteiger partial charge in [-0.3, -0.25) is 9.69 Å². The van der Waals surface area contributed by atoms with Gasteiger partial charge in [0.2, 0.25) is 0 Å². The summed E-state index contributed by atoms with van der Waals surface area (Å²) in [6.45, 7) is 1.25. The topological polar surface area (TPSA) is 23.6 Å². The summed E-state index contributed by atoms with van der Waals surface area (Å²) in [5.74, 6) is -0.693. The first kappa shape index (κ1) is 18.4. The zero-order chi connectivity index (χ0) is 18.9. The molecule has 2 aromatic rings. The second kappa shape index (κ2) is 7.07. The number of nitrogens with zero attached hydrogens (tertiary/aromatic N) is 2. The Morgan fingerprint density at radius 2 is 1.69 bits per heavy atom. The third-order valence-electron chi connectivity index (χ3n) is 4.66. The van der Waals surface area contributed by atoms with Gasteiger partial charge < -0.3 is 4.90 Å². The van der Waals surface area contributed by atoms with E-state index in [0.717, 1.165) is 12.1 Å². The molecule has 0 bridgehead atoms. The lowest BCUT2D eigenvalue weighted by atomic mass is 10.0. The van der Waals surface area contributed by atoms with Crippen molar-refractivity contribution in [3.63, 3.8) is 0 Å². The monoisotopic (exact) mass is 366 g/mol. The van der Waals surface area contributed by atoms with Gasteiger partial charge in [0, 0.05) is 30.8 Å². The van der Waals surface area contributed by atoms with E-state index >= 15 is 0 Å². The second-order valence-electron chi connectivity index (χ2n) is 6.34. The summed E-state index contributed by atoms with van der Waals surface area (Å²) >= 11 is 0. The highest BCUT2D eigenvalue weighted by Crippen LogP contribution is 2.30. The van der Waals surface area contributed by atoms with Crippen molar-refractivity contribution in [2.24, 2.45) is 0 Å². The molecule has 2 aromatic carbocycles. The molecule has 1 heterocycles. The number of amides is 1. The summed E-state index contributed by atoms with van der Waals surface area (Å²) in [4.78, 5) is 16.2. The molecule has 3 nitrogen and oxygen atoms in total. The van der Waals surface area contributed by atoms with Gasteiger partial charge in [0.15, 0.2) is 0 Å². The van der Waals surface area contributed by atoms with Gasteiger partial charge in [0.1, 0.15) is 5.82 Å². The van der Waals surface area contributed by atoms with Crippen LogP contribution in [0, 0.1) is 5.82 Å². The summed E-state index contributed by atoms with van der Waals surface area (Å²) in [6, 6.07) is 10.3. The van der Waals surface area contributed by atoms with Crippen LogP contribution in [0.15, 0.2) is 48.5 Å². The average molecular weight is 366 g/mol. The molecule has 138 valence electrons. The third kappa shape index (κ3) is 3.72. The van der Waals surface area contributed by atoms with Crippen LogP contribution in [0.1, 0.15) is 27.5 Å². The Labute approximate surface area is 148 Å². The number of alkyl halides is 3. The Balaban J connectivity index is 1.79. The smallest absolute Gasteiger partial charge is 0.335 e. The van der Waals surface area contributed by atoms with Crippen LogP contribution in [0.5, 0.6) is 0 Å². The molecule has 0 spiro atoms. The maximum absolute atomic E-state index is 14.1. The van der Waals surface area contributed by atoms with Crippen LogP contribution in [0.25, 0.3) is 0 Å². The number of benzene rings is 2. The van der Waals surface area contributed by atoms with Crippen molar-refractivity contribution in [3.05, 3.63) is 71.0 Å². The van der Waals surface area contributed by atoms with Gasteiger partial charge in [-0.2, -0.15) is 13.2 Å². The Bertz CT molecular complexity index is 789. The fourth-order valence-electron chi connectivity index (χ4n) is 3.12. The van der Waals surface area contributed by atoms with Gasteiger partial charge in [-0.1, -0.05) is 18.2 Å². The first-order chi connectivity index (χ1) is 12.3. The molecule has 3 rings (SSSR count). The molecule has 0 aromatic heterocycles. The summed E-state index contributed by atoms with van der Waals surface area (Å²) in [6.07, 6.45) is -4.44. The molecular weight excluding hydrogens is 348 g/mol. The van der Waals surface area contributed by atoms with E-state index < -0.39 is 11.7 Å². The van der Waals surface area contributed by atoms with Gasteiger partial charge in [0.25, 0.3) is 5.91 Å². The zero-order valence-electron chi connectivity index (χ0n) is 14.1. The predicted molar refractivity (Wildman–Crippen MR) is 89.1 cm³/mol. The van der Waals surface area contributed by atoms with E-state index in [1.54, 1.807) is 23.1 Å². The van der Waals surface area contributed by atoms with Gasteiger partial charge >= 0.3 is 6.18 Å². The lowest BCUT2D eigenvalue weighted by molar-refractivity contribution is -0.137. The normalized spacial score (nSPS) is 18.8. The maximum atomic E-state index is 14.1. The quantitative estimate of drug-likeness (QED) is 0.751. The first-order valence-corrected chi connectivity index (χ1v) is 8.18. The van der Waals surface area contributed by atoms with Gasteiger partial charge in [-0.15, -0.1) is 0 Å². The van der Waals surface area contributed by atoms with Crippen LogP contribution < -0.4 is 0 Å². The van der Waals surface area contributed by atoms with E-state index in [1.807, 2.05) is 11.9 Å². The highest BCUT2D eigenvalue weighted by molar-refractivity contribution is 5.94. The molecule has 0 aliphatic carbocycles. The summed E-state index contributed by atoms with van der Waals surface area (Å²) in [5, 5.41) is 0. The lowest BCUT2D eigenvalue weighted by Gasteiger charge is -2.39. The first-order valence-electron chi connectivity index (χ1n) is 8.18. The van der Waals surface area contributed by atoms with Crippen LogP contribution in [0.4, 0.5) is 17.6 Å². The van der Waals surface area contributed by atoms with Crippen molar-refractivity contribution in [1.82, 2.24) is 9.80 Å². The summed E-state index contributed by atoms with van der Waals surface area (Å²) < 4.78 is 52.1. The van der Waals surface area contributed by atoms with Crippen molar-refractivity contribution >= 4 is 5.91 Å². The van der Waals surface area contributed by atoms with Crippen molar-refractivity contribution in [2.75, 3.05) is 26.7 Å². The van der Waals surface area contributed by atoms with E-state index in [4.69, 9.17) is 0 Å². The maximum Gasteiger partial charge on any atom is 0.416 e. The molecular formula is C19H18F4N2O. The average Bonchev–Trinajstić information content (AvgIpc) is 2.62. The Morgan fingerprint density at radius 1 is 1.04 bits per heavy atom. The fourth-order valence-corrected chi connectivity index (χ4v) is 3.12. The van der Waals surface area contributed by atoms with Crippen molar-refractivity contribution in [2.45, 2.75) is 12.2 Å². The number of rotatable bonds is 2. The van der Waals surface area contributed by atoms with E-state index in [1.165, 1.54) is 18.2 Å². The molecule has 1 unspecified atom stereocenters. The molecule has 26 heavy (non-hydrogen) atoms. The number of hydrogen-bond acceptors (Lipinski definition) is 2. The highest BCUT2D eigenvalue weighted by atomic mass is 19.4. The van der Waals surface area contributed by atoms with Crippen LogP contribution in [0.3, 0.4) is 0 Å². The molecule has 0 radical (unpaired) electrons. The Hall–Kier alpha value is -2.41. The van der Waals surface area contributed by atoms with Gasteiger partial charge in [-0.05, 0) is 37.4 Å². The fraction of sp³-hybridized carbons (Fsp3) is 0.316. The van der Waals surface area contributed by atoms with E-state index in [0.29, 0.717) is 18.7 Å². The van der Waals surface area contributed by atoms with E-state index in [-0.39, 0.29) is 29.9 Å². The summed E-state index contributed by atoms with van der Waals surface area (Å²) in [7, 11) is 1.86. The molecule has 1 aliphatic heterocycles. The van der Waals surface area contributed by atoms with Crippen LogP contribution in [0.2, 0.25) is 0 Å². The Kier molecular flexibility index (Phi) is 5.00. The summed E-state index contributed by atoms with van der Waals surface area (Å²) in [5.41, 5.74) is -0.105. The SMILES string of the molecule is CN1CCN(C(=O)c2ccc(C(F)(F)F)cc2)CC1c1ccccc1F. The predicted octanol–water partition coefficient (Wildman–Crippen LogP) is 3.97. The number of carbonyl (C=O) groups is 1. The number of hydrogen-bond donors (Lipinski definition) is 0.